The molecule has 0 amide bonds. The van der Waals surface area contributed by atoms with Gasteiger partial charge in [-0.25, -0.2) is 0 Å². The van der Waals surface area contributed by atoms with Gasteiger partial charge in [-0.05, 0) is 37.1 Å². The average molecular weight is 197 g/mol. The van der Waals surface area contributed by atoms with Gasteiger partial charge >= 0.3 is 0 Å². The van der Waals surface area contributed by atoms with Gasteiger partial charge in [0.1, 0.15) is 6.61 Å². The Morgan fingerprint density at radius 1 is 1.46 bits per heavy atom. The van der Waals surface area contributed by atoms with E-state index < -0.39 is 0 Å². The van der Waals surface area contributed by atoms with Gasteiger partial charge in [-0.3, -0.25) is 0 Å². The first kappa shape index (κ1) is 10.1. The Morgan fingerprint density at radius 3 is 2.69 bits per heavy atom. The van der Waals surface area contributed by atoms with E-state index in [9.17, 15) is 0 Å². The summed E-state index contributed by atoms with van der Waals surface area (Å²) >= 11 is 5.89. The third-order valence-electron chi connectivity index (χ3n) is 1.59. The zero-order valence-corrected chi connectivity index (χ0v) is 8.69. The molecular weight excluding hydrogens is 184 g/mol. The fraction of sp³-hybridized carbons (Fsp3) is 0.273. The lowest BCUT2D eigenvalue weighted by atomic mass is 10.1. The van der Waals surface area contributed by atoms with E-state index in [0.717, 1.165) is 21.9 Å². The van der Waals surface area contributed by atoms with Gasteiger partial charge in [-0.1, -0.05) is 24.2 Å². The highest BCUT2D eigenvalue weighted by molar-refractivity contribution is 6.30. The molecule has 0 aliphatic rings. The van der Waals surface area contributed by atoms with E-state index in [2.05, 4.69) is 12.6 Å². The van der Waals surface area contributed by atoms with Gasteiger partial charge in [-0.2, -0.15) is 0 Å². The zero-order valence-electron chi connectivity index (χ0n) is 7.93. The molecule has 1 rings (SSSR count). The Bertz CT molecular complexity index is 298. The normalized spacial score (nSPS) is 9.77. The summed E-state index contributed by atoms with van der Waals surface area (Å²) in [5.41, 5.74) is 2.22. The predicted octanol–water partition coefficient (Wildman–Crippen LogP) is 3.70. The van der Waals surface area contributed by atoms with E-state index in [-0.39, 0.29) is 0 Å². The molecule has 0 N–H and O–H groups in total. The van der Waals surface area contributed by atoms with Crippen molar-refractivity contribution in [2.75, 3.05) is 0 Å². The minimum absolute atomic E-state index is 0.538. The second-order valence-electron chi connectivity index (χ2n) is 3.13. The Kier molecular flexibility index (Phi) is 3.38. The van der Waals surface area contributed by atoms with E-state index in [4.69, 9.17) is 16.3 Å². The lowest BCUT2D eigenvalue weighted by Gasteiger charge is -2.06. The van der Waals surface area contributed by atoms with Crippen LogP contribution in [0.25, 0.3) is 0 Å². The lowest BCUT2D eigenvalue weighted by Crippen LogP contribution is -1.90. The summed E-state index contributed by atoms with van der Waals surface area (Å²) in [6.07, 6.45) is 0. The maximum atomic E-state index is 5.89. The van der Waals surface area contributed by atoms with Crippen LogP contribution in [0.5, 0.6) is 0 Å². The summed E-state index contributed by atoms with van der Waals surface area (Å²) < 4.78 is 5.28. The van der Waals surface area contributed by atoms with E-state index >= 15 is 0 Å². The summed E-state index contributed by atoms with van der Waals surface area (Å²) in [7, 11) is 0. The van der Waals surface area contributed by atoms with E-state index in [1.54, 1.807) is 0 Å². The Labute approximate surface area is 84.0 Å². The fourth-order valence-electron chi connectivity index (χ4n) is 1.10. The smallest absolute Gasteiger partial charge is 0.113 e. The van der Waals surface area contributed by atoms with Crippen LogP contribution in [0, 0.1) is 6.92 Å². The zero-order chi connectivity index (χ0) is 9.84. The minimum atomic E-state index is 0.538. The van der Waals surface area contributed by atoms with Gasteiger partial charge in [0.25, 0.3) is 0 Å². The van der Waals surface area contributed by atoms with Crippen molar-refractivity contribution < 1.29 is 4.74 Å². The lowest BCUT2D eigenvalue weighted by molar-refractivity contribution is 0.202. The van der Waals surface area contributed by atoms with Gasteiger partial charge in [0.05, 0.1) is 5.76 Å². The maximum absolute atomic E-state index is 5.89. The van der Waals surface area contributed by atoms with Crippen LogP contribution >= 0.6 is 11.6 Å². The highest BCUT2D eigenvalue weighted by Crippen LogP contribution is 2.15. The molecule has 2 heteroatoms. The maximum Gasteiger partial charge on any atom is 0.113 e. The summed E-state index contributed by atoms with van der Waals surface area (Å²) in [6.45, 7) is 8.04. The van der Waals surface area contributed by atoms with Crippen LogP contribution < -0.4 is 0 Å². The van der Waals surface area contributed by atoms with Crippen LogP contribution in [0.2, 0.25) is 5.02 Å². The molecule has 1 aromatic carbocycles. The third-order valence-corrected chi connectivity index (χ3v) is 1.81. The van der Waals surface area contributed by atoms with E-state index in [1.807, 2.05) is 26.0 Å². The molecule has 0 saturated heterocycles. The number of benzene rings is 1. The first-order chi connectivity index (χ1) is 6.08. The van der Waals surface area contributed by atoms with Gasteiger partial charge < -0.3 is 4.74 Å². The quantitative estimate of drug-likeness (QED) is 0.670. The molecule has 0 spiro atoms. The number of ether oxygens (including phenoxy) is 1. The molecule has 0 saturated carbocycles. The number of allylic oxidation sites excluding steroid dienone is 1. The predicted molar refractivity (Wildman–Crippen MR) is 55.8 cm³/mol. The van der Waals surface area contributed by atoms with Crippen LogP contribution in [0.1, 0.15) is 18.1 Å². The molecule has 0 bridgehead atoms. The topological polar surface area (TPSA) is 9.23 Å². The Morgan fingerprint density at radius 2 is 2.15 bits per heavy atom. The number of aryl methyl sites for hydroxylation is 1. The molecule has 0 aliphatic heterocycles. The standard InChI is InChI=1S/C11H13ClO/c1-8(2)13-7-10-4-9(3)5-11(12)6-10/h4-6H,1,7H2,2-3H3. The summed E-state index contributed by atoms with van der Waals surface area (Å²) in [6, 6.07) is 5.87. The first-order valence-corrected chi connectivity index (χ1v) is 4.50. The second kappa shape index (κ2) is 4.33. The van der Waals surface area contributed by atoms with Crippen LogP contribution in [0.4, 0.5) is 0 Å². The van der Waals surface area contributed by atoms with Crippen molar-refractivity contribution in [3.63, 3.8) is 0 Å². The van der Waals surface area contributed by atoms with Crippen molar-refractivity contribution in [1.82, 2.24) is 0 Å². The molecule has 0 unspecified atom stereocenters. The highest BCUT2D eigenvalue weighted by atomic mass is 35.5. The van der Waals surface area contributed by atoms with Crippen molar-refractivity contribution in [3.05, 3.63) is 46.7 Å². The second-order valence-corrected chi connectivity index (χ2v) is 3.56. The van der Waals surface area contributed by atoms with Gasteiger partial charge in [0, 0.05) is 5.02 Å². The first-order valence-electron chi connectivity index (χ1n) is 4.12. The van der Waals surface area contributed by atoms with Crippen LogP contribution in [-0.4, -0.2) is 0 Å². The number of hydrogen-bond acceptors (Lipinski definition) is 1. The van der Waals surface area contributed by atoms with Crippen molar-refractivity contribution in [3.8, 4) is 0 Å². The van der Waals surface area contributed by atoms with Crippen LogP contribution in [0.15, 0.2) is 30.5 Å². The van der Waals surface area contributed by atoms with E-state index in [1.165, 1.54) is 0 Å². The van der Waals surface area contributed by atoms with Gasteiger partial charge in [0.2, 0.25) is 0 Å². The van der Waals surface area contributed by atoms with Crippen LogP contribution in [-0.2, 0) is 11.3 Å². The average Bonchev–Trinajstić information content (AvgIpc) is 1.99. The monoisotopic (exact) mass is 196 g/mol. The number of halogens is 1. The summed E-state index contributed by atoms with van der Waals surface area (Å²) in [5, 5.41) is 0.750. The van der Waals surface area contributed by atoms with Crippen molar-refractivity contribution in [2.45, 2.75) is 20.5 Å². The third kappa shape index (κ3) is 3.51. The van der Waals surface area contributed by atoms with Crippen molar-refractivity contribution in [2.24, 2.45) is 0 Å². The molecule has 0 aliphatic carbocycles. The fourth-order valence-corrected chi connectivity index (χ4v) is 1.41. The summed E-state index contributed by atoms with van der Waals surface area (Å²) in [5.74, 6) is 0.720. The Balaban J connectivity index is 2.71. The van der Waals surface area contributed by atoms with E-state index in [0.29, 0.717) is 6.61 Å². The highest BCUT2D eigenvalue weighted by Gasteiger charge is 1.97. The number of rotatable bonds is 3. The molecule has 0 radical (unpaired) electrons. The molecule has 0 fully saturated rings. The van der Waals surface area contributed by atoms with Gasteiger partial charge in [0.15, 0.2) is 0 Å². The van der Waals surface area contributed by atoms with Crippen molar-refractivity contribution >= 4 is 11.6 Å². The molecule has 0 aromatic heterocycles. The molecular formula is C11H13ClO. The van der Waals surface area contributed by atoms with Crippen molar-refractivity contribution in [1.29, 1.82) is 0 Å². The SMILES string of the molecule is C=C(C)OCc1cc(C)cc(Cl)c1. The van der Waals surface area contributed by atoms with Gasteiger partial charge in [-0.15, -0.1) is 0 Å². The molecule has 1 aromatic rings. The summed E-state index contributed by atoms with van der Waals surface area (Å²) in [4.78, 5) is 0. The molecule has 0 heterocycles. The minimum Gasteiger partial charge on any atom is -0.494 e. The van der Waals surface area contributed by atoms with Crippen LogP contribution in [0.3, 0.4) is 0 Å². The number of hydrogen-bond donors (Lipinski definition) is 0. The molecule has 70 valence electrons. The molecule has 1 nitrogen and oxygen atoms in total. The molecule has 13 heavy (non-hydrogen) atoms. The molecule has 0 atom stereocenters. The Hall–Kier alpha value is -0.950. The largest absolute Gasteiger partial charge is 0.494 e.